The Morgan fingerprint density at radius 1 is 1.10 bits per heavy atom. The van der Waals surface area contributed by atoms with E-state index >= 15 is 0 Å². The topological polar surface area (TPSA) is 60.4 Å². The van der Waals surface area contributed by atoms with Crippen LogP contribution in [0.2, 0.25) is 0 Å². The van der Waals surface area contributed by atoms with Gasteiger partial charge >= 0.3 is 11.9 Å². The first-order valence-electron chi connectivity index (χ1n) is 2.27. The zero-order valence-corrected chi connectivity index (χ0v) is 7.86. The van der Waals surface area contributed by atoms with E-state index in [4.69, 9.17) is 0 Å². The molecule has 0 rings (SSSR count). The molecule has 0 atom stereocenters. The number of carbonyl (C=O) groups is 3. The van der Waals surface area contributed by atoms with E-state index in [1.807, 2.05) is 0 Å². The molecular weight excluding hydrogens is 316 g/mol. The van der Waals surface area contributed by atoms with Gasteiger partial charge in [0.05, 0.1) is 0 Å². The number of ketones is 1. The summed E-state index contributed by atoms with van der Waals surface area (Å²) in [4.78, 5) is 30.2. The summed E-state index contributed by atoms with van der Waals surface area (Å²) in [5.41, 5.74) is 0. The molecule has 0 heterocycles. The quantitative estimate of drug-likeness (QED) is 0.377. The molecule has 0 aliphatic heterocycles. The molecule has 5 heteroatoms. The van der Waals surface area contributed by atoms with Crippen LogP contribution in [-0.2, 0) is 39.2 Å². The third kappa shape index (κ3) is 5.59. The first-order chi connectivity index (χ1) is 4.04. The minimum absolute atomic E-state index is 0. The summed E-state index contributed by atoms with van der Waals surface area (Å²) in [5, 5.41) is 0. The van der Waals surface area contributed by atoms with E-state index in [9.17, 15) is 14.4 Å². The molecule has 59 valence electrons. The second-order valence-corrected chi connectivity index (χ2v) is 1.44. The Labute approximate surface area is 71.3 Å². The van der Waals surface area contributed by atoms with Gasteiger partial charge in [0, 0.05) is 34.0 Å². The van der Waals surface area contributed by atoms with Crippen LogP contribution in [0.5, 0.6) is 0 Å². The van der Waals surface area contributed by atoms with E-state index in [1.165, 1.54) is 0 Å². The fraction of sp³-hybridized carbons (Fsp3) is 0.400. The Kier molecular flexibility index (Phi) is 6.40. The molecular formula is C5H6IrO4. The monoisotopic (exact) mass is 323 g/mol. The molecule has 0 saturated heterocycles. The molecule has 0 saturated carbocycles. The molecule has 0 aliphatic carbocycles. The van der Waals surface area contributed by atoms with E-state index in [2.05, 4.69) is 4.74 Å². The van der Waals surface area contributed by atoms with Gasteiger partial charge in [-0.3, -0.25) is 9.59 Å². The minimum Gasteiger partial charge on any atom is -0.387 e. The number of hydrogen-bond acceptors (Lipinski definition) is 4. The smallest absolute Gasteiger partial charge is 0.381 e. The number of carbonyl (C=O) groups excluding carboxylic acids is 3. The van der Waals surface area contributed by atoms with Gasteiger partial charge in [0.2, 0.25) is 5.78 Å². The van der Waals surface area contributed by atoms with E-state index in [1.54, 1.807) is 0 Å². The summed E-state index contributed by atoms with van der Waals surface area (Å²) in [5.74, 6) is -2.65. The van der Waals surface area contributed by atoms with Crippen molar-refractivity contribution in [1.29, 1.82) is 0 Å². The van der Waals surface area contributed by atoms with Crippen molar-refractivity contribution in [2.75, 3.05) is 0 Å². The van der Waals surface area contributed by atoms with Crippen LogP contribution in [0.1, 0.15) is 13.8 Å². The molecule has 0 aromatic rings. The van der Waals surface area contributed by atoms with Crippen molar-refractivity contribution in [3.8, 4) is 0 Å². The third-order valence-electron chi connectivity index (χ3n) is 0.524. The number of hydrogen-bond donors (Lipinski definition) is 0. The van der Waals surface area contributed by atoms with Crippen LogP contribution in [0.15, 0.2) is 0 Å². The van der Waals surface area contributed by atoms with Crippen LogP contribution < -0.4 is 0 Å². The minimum atomic E-state index is -1.11. The van der Waals surface area contributed by atoms with Crippen molar-refractivity contribution in [2.45, 2.75) is 13.8 Å². The fourth-order valence-electron chi connectivity index (χ4n) is 0.202. The van der Waals surface area contributed by atoms with Crippen LogP contribution in [0.25, 0.3) is 0 Å². The Balaban J connectivity index is 0. The van der Waals surface area contributed by atoms with Gasteiger partial charge < -0.3 is 4.74 Å². The average Bonchev–Trinajstić information content (AvgIpc) is 1.63. The van der Waals surface area contributed by atoms with E-state index in [0.717, 1.165) is 13.8 Å². The normalized spacial score (nSPS) is 7.40. The third-order valence-corrected chi connectivity index (χ3v) is 0.524. The van der Waals surface area contributed by atoms with Gasteiger partial charge in [-0.05, 0) is 0 Å². The SMILES string of the molecule is CC(=O)OC(=O)C(C)=O.[Ir]. The predicted octanol–water partition coefficient (Wildman–Crippen LogP) is -0.337. The number of Topliss-reactive ketones (excluding diaryl/α,β-unsaturated/α-hetero) is 1. The molecule has 1 radical (unpaired) electrons. The molecule has 0 N–H and O–H groups in total. The Hall–Kier alpha value is -0.541. The van der Waals surface area contributed by atoms with Gasteiger partial charge in [-0.1, -0.05) is 0 Å². The summed E-state index contributed by atoms with van der Waals surface area (Å²) in [6.07, 6.45) is 0. The van der Waals surface area contributed by atoms with Crippen molar-refractivity contribution >= 4 is 17.7 Å². The van der Waals surface area contributed by atoms with Gasteiger partial charge in [0.25, 0.3) is 0 Å². The maximum Gasteiger partial charge on any atom is 0.381 e. The number of rotatable bonds is 1. The van der Waals surface area contributed by atoms with Crippen LogP contribution in [0, 0.1) is 0 Å². The number of ether oxygens (including phenoxy) is 1. The zero-order valence-electron chi connectivity index (χ0n) is 5.47. The van der Waals surface area contributed by atoms with Gasteiger partial charge in [-0.2, -0.15) is 0 Å². The average molecular weight is 322 g/mol. The molecule has 0 aliphatic rings. The van der Waals surface area contributed by atoms with E-state index in [-0.39, 0.29) is 20.1 Å². The first kappa shape index (κ1) is 12.2. The zero-order chi connectivity index (χ0) is 7.44. The van der Waals surface area contributed by atoms with Crippen molar-refractivity contribution in [2.24, 2.45) is 0 Å². The summed E-state index contributed by atoms with van der Waals surface area (Å²) in [6, 6.07) is 0. The molecule has 0 unspecified atom stereocenters. The van der Waals surface area contributed by atoms with Crippen molar-refractivity contribution in [3.63, 3.8) is 0 Å². The second-order valence-electron chi connectivity index (χ2n) is 1.44. The van der Waals surface area contributed by atoms with Gasteiger partial charge in [0.1, 0.15) is 0 Å². The molecule has 10 heavy (non-hydrogen) atoms. The fourth-order valence-corrected chi connectivity index (χ4v) is 0.202. The first-order valence-corrected chi connectivity index (χ1v) is 2.27. The Bertz CT molecular complexity index is 163. The maximum atomic E-state index is 10.2. The second kappa shape index (κ2) is 5.26. The van der Waals surface area contributed by atoms with Crippen LogP contribution in [-0.4, -0.2) is 17.7 Å². The summed E-state index contributed by atoms with van der Waals surface area (Å²) in [6.45, 7) is 2.09. The van der Waals surface area contributed by atoms with Gasteiger partial charge in [-0.25, -0.2) is 4.79 Å². The van der Waals surface area contributed by atoms with Crippen molar-refractivity contribution < 1.29 is 39.2 Å². The predicted molar refractivity (Wildman–Crippen MR) is 27.5 cm³/mol. The molecule has 0 aromatic heterocycles. The summed E-state index contributed by atoms with van der Waals surface area (Å²) >= 11 is 0. The van der Waals surface area contributed by atoms with Crippen LogP contribution >= 0.6 is 0 Å². The largest absolute Gasteiger partial charge is 0.387 e. The molecule has 0 amide bonds. The van der Waals surface area contributed by atoms with E-state index < -0.39 is 17.7 Å². The summed E-state index contributed by atoms with van der Waals surface area (Å²) in [7, 11) is 0. The van der Waals surface area contributed by atoms with Crippen LogP contribution in [0.3, 0.4) is 0 Å². The van der Waals surface area contributed by atoms with Gasteiger partial charge in [-0.15, -0.1) is 0 Å². The molecule has 4 nitrogen and oxygen atoms in total. The summed E-state index contributed by atoms with van der Waals surface area (Å²) < 4.78 is 3.88. The Morgan fingerprint density at radius 2 is 1.50 bits per heavy atom. The van der Waals surface area contributed by atoms with Gasteiger partial charge in [0.15, 0.2) is 0 Å². The van der Waals surface area contributed by atoms with Crippen LogP contribution in [0.4, 0.5) is 0 Å². The maximum absolute atomic E-state index is 10.2. The number of esters is 2. The van der Waals surface area contributed by atoms with E-state index in [0.29, 0.717) is 0 Å². The van der Waals surface area contributed by atoms with Crippen molar-refractivity contribution in [1.82, 2.24) is 0 Å². The molecule has 0 fully saturated rings. The Morgan fingerprint density at radius 3 is 1.60 bits per heavy atom. The molecule has 0 spiro atoms. The standard InChI is InChI=1S/C5H6O4.Ir/c1-3(6)5(8)9-4(2)7;/h1-2H3;. The molecule has 0 bridgehead atoms. The van der Waals surface area contributed by atoms with Crippen molar-refractivity contribution in [3.05, 3.63) is 0 Å². The molecule has 0 aromatic carbocycles.